The standard InChI is InChI=1S/C9H20N2O2/c1-3-12-7-13-9-6-11(2)5-4-8(9)10/h8-9H,3-7,10H2,1-2H3. The molecule has 0 radical (unpaired) electrons. The first-order chi connectivity index (χ1) is 6.24. The molecular weight excluding hydrogens is 168 g/mol. The van der Waals surface area contributed by atoms with Gasteiger partial charge in [-0.1, -0.05) is 0 Å². The summed E-state index contributed by atoms with van der Waals surface area (Å²) in [7, 11) is 2.09. The summed E-state index contributed by atoms with van der Waals surface area (Å²) >= 11 is 0. The van der Waals surface area contributed by atoms with E-state index in [0.29, 0.717) is 13.4 Å². The Morgan fingerprint density at radius 3 is 3.00 bits per heavy atom. The van der Waals surface area contributed by atoms with Crippen molar-refractivity contribution in [2.75, 3.05) is 33.5 Å². The van der Waals surface area contributed by atoms with Crippen molar-refractivity contribution in [2.45, 2.75) is 25.5 Å². The predicted molar refractivity (Wildman–Crippen MR) is 51.5 cm³/mol. The maximum Gasteiger partial charge on any atom is 0.147 e. The second-order valence-electron chi connectivity index (χ2n) is 3.53. The van der Waals surface area contributed by atoms with E-state index in [2.05, 4.69) is 11.9 Å². The minimum absolute atomic E-state index is 0.130. The molecule has 1 aliphatic rings. The van der Waals surface area contributed by atoms with E-state index in [9.17, 15) is 0 Å². The van der Waals surface area contributed by atoms with Crippen molar-refractivity contribution in [2.24, 2.45) is 5.73 Å². The average Bonchev–Trinajstić information content (AvgIpc) is 2.11. The van der Waals surface area contributed by atoms with Gasteiger partial charge in [-0.15, -0.1) is 0 Å². The zero-order chi connectivity index (χ0) is 9.68. The molecule has 0 aromatic heterocycles. The number of hydrogen-bond donors (Lipinski definition) is 1. The number of piperidine rings is 1. The molecule has 1 rings (SSSR count). The number of hydrogen-bond acceptors (Lipinski definition) is 4. The van der Waals surface area contributed by atoms with Crippen LogP contribution in [0.1, 0.15) is 13.3 Å². The zero-order valence-electron chi connectivity index (χ0n) is 8.53. The first-order valence-corrected chi connectivity index (χ1v) is 4.87. The molecule has 1 heterocycles. The molecule has 0 aromatic rings. The first kappa shape index (κ1) is 10.9. The fourth-order valence-electron chi connectivity index (χ4n) is 1.48. The lowest BCUT2D eigenvalue weighted by Crippen LogP contribution is -2.50. The molecule has 1 aliphatic heterocycles. The molecule has 0 saturated carbocycles. The van der Waals surface area contributed by atoms with E-state index in [0.717, 1.165) is 19.5 Å². The number of rotatable bonds is 4. The number of ether oxygens (including phenoxy) is 2. The monoisotopic (exact) mass is 188 g/mol. The Bertz CT molecular complexity index is 144. The fraction of sp³-hybridized carbons (Fsp3) is 1.00. The average molecular weight is 188 g/mol. The van der Waals surface area contributed by atoms with Crippen LogP contribution in [0.4, 0.5) is 0 Å². The molecule has 2 unspecified atom stereocenters. The molecule has 0 aliphatic carbocycles. The van der Waals surface area contributed by atoms with Gasteiger partial charge in [0.1, 0.15) is 6.79 Å². The van der Waals surface area contributed by atoms with Gasteiger partial charge in [0.15, 0.2) is 0 Å². The van der Waals surface area contributed by atoms with Crippen LogP contribution < -0.4 is 5.73 Å². The van der Waals surface area contributed by atoms with Gasteiger partial charge in [0, 0.05) is 19.2 Å². The third kappa shape index (κ3) is 3.60. The van der Waals surface area contributed by atoms with Crippen LogP contribution in [0.2, 0.25) is 0 Å². The van der Waals surface area contributed by atoms with Crippen LogP contribution >= 0.6 is 0 Å². The summed E-state index contributed by atoms with van der Waals surface area (Å²) in [4.78, 5) is 2.24. The maximum absolute atomic E-state index is 5.92. The zero-order valence-corrected chi connectivity index (χ0v) is 8.53. The molecule has 1 saturated heterocycles. The molecule has 4 heteroatoms. The SMILES string of the molecule is CCOCOC1CN(C)CCC1N. The maximum atomic E-state index is 5.92. The Morgan fingerprint density at radius 2 is 2.31 bits per heavy atom. The van der Waals surface area contributed by atoms with Gasteiger partial charge in [0.2, 0.25) is 0 Å². The van der Waals surface area contributed by atoms with Gasteiger partial charge >= 0.3 is 0 Å². The highest BCUT2D eigenvalue weighted by atomic mass is 16.7. The van der Waals surface area contributed by atoms with E-state index >= 15 is 0 Å². The van der Waals surface area contributed by atoms with Crippen LogP contribution in [0, 0.1) is 0 Å². The van der Waals surface area contributed by atoms with Gasteiger partial charge in [0.25, 0.3) is 0 Å². The smallest absolute Gasteiger partial charge is 0.147 e. The Kier molecular flexibility index (Phi) is 4.66. The van der Waals surface area contributed by atoms with Crippen LogP contribution in [0.15, 0.2) is 0 Å². The van der Waals surface area contributed by atoms with Gasteiger partial charge in [-0.25, -0.2) is 0 Å². The van der Waals surface area contributed by atoms with Crippen molar-refractivity contribution in [3.63, 3.8) is 0 Å². The molecule has 2 N–H and O–H groups in total. The summed E-state index contributed by atoms with van der Waals surface area (Å²) in [6.45, 7) is 4.99. The number of likely N-dealkylation sites (tertiary alicyclic amines) is 1. The van der Waals surface area contributed by atoms with E-state index in [1.54, 1.807) is 0 Å². The van der Waals surface area contributed by atoms with Gasteiger partial charge in [-0.05, 0) is 26.9 Å². The van der Waals surface area contributed by atoms with E-state index < -0.39 is 0 Å². The summed E-state index contributed by atoms with van der Waals surface area (Å²) < 4.78 is 10.6. The summed E-state index contributed by atoms with van der Waals surface area (Å²) in [5, 5.41) is 0. The van der Waals surface area contributed by atoms with Crippen molar-refractivity contribution in [1.29, 1.82) is 0 Å². The molecule has 4 nitrogen and oxygen atoms in total. The second kappa shape index (κ2) is 5.54. The number of nitrogens with two attached hydrogens (primary N) is 1. The van der Waals surface area contributed by atoms with Crippen LogP contribution in [0.5, 0.6) is 0 Å². The molecule has 0 amide bonds. The quantitative estimate of drug-likeness (QED) is 0.499. The van der Waals surface area contributed by atoms with E-state index in [1.165, 1.54) is 0 Å². The van der Waals surface area contributed by atoms with Crippen molar-refractivity contribution >= 4 is 0 Å². The molecular formula is C9H20N2O2. The normalized spacial score (nSPS) is 30.7. The lowest BCUT2D eigenvalue weighted by Gasteiger charge is -2.34. The van der Waals surface area contributed by atoms with Gasteiger partial charge in [0.05, 0.1) is 6.10 Å². The van der Waals surface area contributed by atoms with Crippen LogP contribution in [0.3, 0.4) is 0 Å². The second-order valence-corrected chi connectivity index (χ2v) is 3.53. The Labute approximate surface area is 80.0 Å². The molecule has 78 valence electrons. The van der Waals surface area contributed by atoms with E-state index in [1.807, 2.05) is 6.92 Å². The molecule has 2 atom stereocenters. The van der Waals surface area contributed by atoms with Crippen LogP contribution in [0.25, 0.3) is 0 Å². The third-order valence-electron chi connectivity index (χ3n) is 2.38. The highest BCUT2D eigenvalue weighted by molar-refractivity contribution is 4.81. The van der Waals surface area contributed by atoms with E-state index in [4.69, 9.17) is 15.2 Å². The summed E-state index contributed by atoms with van der Waals surface area (Å²) in [6.07, 6.45) is 1.14. The summed E-state index contributed by atoms with van der Waals surface area (Å²) in [5.74, 6) is 0. The lowest BCUT2D eigenvalue weighted by molar-refractivity contribution is -0.107. The minimum atomic E-state index is 0.130. The highest BCUT2D eigenvalue weighted by Gasteiger charge is 2.25. The Hall–Kier alpha value is -0.160. The largest absolute Gasteiger partial charge is 0.356 e. The van der Waals surface area contributed by atoms with Crippen LogP contribution in [-0.2, 0) is 9.47 Å². The van der Waals surface area contributed by atoms with Gasteiger partial charge in [-0.2, -0.15) is 0 Å². The summed E-state index contributed by atoms with van der Waals surface area (Å²) in [6, 6.07) is 0.164. The molecule has 0 bridgehead atoms. The van der Waals surface area contributed by atoms with Crippen LogP contribution in [-0.4, -0.2) is 50.6 Å². The fourth-order valence-corrected chi connectivity index (χ4v) is 1.48. The number of nitrogens with zero attached hydrogens (tertiary/aromatic N) is 1. The van der Waals surface area contributed by atoms with Gasteiger partial charge in [-0.3, -0.25) is 0 Å². The molecule has 1 fully saturated rings. The highest BCUT2D eigenvalue weighted by Crippen LogP contribution is 2.10. The predicted octanol–water partition coefficient (Wildman–Crippen LogP) is 0.0284. The van der Waals surface area contributed by atoms with Crippen molar-refractivity contribution < 1.29 is 9.47 Å². The molecule has 0 aromatic carbocycles. The topological polar surface area (TPSA) is 47.7 Å². The van der Waals surface area contributed by atoms with Crippen molar-refractivity contribution in [3.8, 4) is 0 Å². The number of likely N-dealkylation sites (N-methyl/N-ethyl adjacent to an activating group) is 1. The molecule has 13 heavy (non-hydrogen) atoms. The Balaban J connectivity index is 2.21. The van der Waals surface area contributed by atoms with Crippen molar-refractivity contribution in [1.82, 2.24) is 4.90 Å². The minimum Gasteiger partial charge on any atom is -0.356 e. The third-order valence-corrected chi connectivity index (χ3v) is 2.38. The Morgan fingerprint density at radius 1 is 1.54 bits per heavy atom. The molecule has 0 spiro atoms. The van der Waals surface area contributed by atoms with Gasteiger partial charge < -0.3 is 20.1 Å². The lowest BCUT2D eigenvalue weighted by atomic mass is 10.0. The first-order valence-electron chi connectivity index (χ1n) is 4.87. The van der Waals surface area contributed by atoms with Crippen molar-refractivity contribution in [3.05, 3.63) is 0 Å². The van der Waals surface area contributed by atoms with E-state index in [-0.39, 0.29) is 12.1 Å². The summed E-state index contributed by atoms with van der Waals surface area (Å²) in [5.41, 5.74) is 5.92.